The number of alkyl halides is 3. The molecule has 0 fully saturated rings. The molecule has 0 bridgehead atoms. The van der Waals surface area contributed by atoms with Gasteiger partial charge in [0, 0.05) is 10.5 Å². The zero-order chi connectivity index (χ0) is 10.9. The summed E-state index contributed by atoms with van der Waals surface area (Å²) in [4.78, 5) is 0.317. The molecule has 0 heterocycles. The summed E-state index contributed by atoms with van der Waals surface area (Å²) in [5.41, 5.74) is 4.55. The van der Waals surface area contributed by atoms with Crippen LogP contribution in [0.15, 0.2) is 23.1 Å². The van der Waals surface area contributed by atoms with E-state index in [1.807, 2.05) is 0 Å². The predicted octanol–water partition coefficient (Wildman–Crippen LogP) is 2.24. The Balaban J connectivity index is 3.12. The molecular formula is C8H8F3NOS. The third-order valence-electron chi connectivity index (χ3n) is 1.70. The van der Waals surface area contributed by atoms with E-state index in [9.17, 15) is 13.2 Å². The summed E-state index contributed by atoms with van der Waals surface area (Å²) >= 11 is 3.86. The smallest absolute Gasteiger partial charge is 0.407 e. The molecule has 1 atom stereocenters. The first-order chi connectivity index (χ1) is 6.32. The second kappa shape index (κ2) is 3.70. The van der Waals surface area contributed by atoms with Crippen molar-refractivity contribution < 1.29 is 18.3 Å². The van der Waals surface area contributed by atoms with E-state index in [0.717, 1.165) is 12.1 Å². The fraction of sp³-hybridized carbons (Fsp3) is 0.250. The topological polar surface area (TPSA) is 46.2 Å². The highest BCUT2D eigenvalue weighted by Crippen LogP contribution is 2.35. The van der Waals surface area contributed by atoms with Crippen LogP contribution in [-0.2, 0) is 0 Å². The molecule has 78 valence electrons. The van der Waals surface area contributed by atoms with Crippen molar-refractivity contribution in [2.24, 2.45) is 5.73 Å². The summed E-state index contributed by atoms with van der Waals surface area (Å²) in [7, 11) is 0. The Morgan fingerprint density at radius 2 is 1.93 bits per heavy atom. The second-order valence-electron chi connectivity index (χ2n) is 2.76. The van der Waals surface area contributed by atoms with Crippen LogP contribution in [0.5, 0.6) is 5.75 Å². The molecule has 0 aliphatic heterocycles. The number of hydrogen-bond donors (Lipinski definition) is 3. The molecule has 0 unspecified atom stereocenters. The highest BCUT2D eigenvalue weighted by molar-refractivity contribution is 7.80. The van der Waals surface area contributed by atoms with E-state index >= 15 is 0 Å². The van der Waals surface area contributed by atoms with Crippen LogP contribution >= 0.6 is 12.6 Å². The molecule has 3 N–H and O–H groups in total. The van der Waals surface area contributed by atoms with E-state index in [1.165, 1.54) is 6.07 Å². The van der Waals surface area contributed by atoms with Crippen molar-refractivity contribution in [2.45, 2.75) is 17.1 Å². The van der Waals surface area contributed by atoms with Gasteiger partial charge in [-0.3, -0.25) is 0 Å². The third-order valence-corrected chi connectivity index (χ3v) is 1.98. The van der Waals surface area contributed by atoms with Crippen molar-refractivity contribution >= 4 is 12.6 Å². The van der Waals surface area contributed by atoms with Crippen LogP contribution in [0.2, 0.25) is 0 Å². The van der Waals surface area contributed by atoms with Crippen LogP contribution < -0.4 is 5.73 Å². The van der Waals surface area contributed by atoms with Gasteiger partial charge in [0.15, 0.2) is 0 Å². The van der Waals surface area contributed by atoms with E-state index in [2.05, 4.69) is 12.6 Å². The minimum absolute atomic E-state index is 0.317. The van der Waals surface area contributed by atoms with Gasteiger partial charge in [0.05, 0.1) is 0 Å². The number of hydrogen-bond acceptors (Lipinski definition) is 3. The molecular weight excluding hydrogens is 215 g/mol. The summed E-state index contributed by atoms with van der Waals surface area (Å²) in [5.74, 6) is -0.479. The molecule has 6 heteroatoms. The highest BCUT2D eigenvalue weighted by Gasteiger charge is 2.39. The Labute approximate surface area is 83.9 Å². The summed E-state index contributed by atoms with van der Waals surface area (Å²) < 4.78 is 36.6. The van der Waals surface area contributed by atoms with Gasteiger partial charge in [0.1, 0.15) is 11.8 Å². The zero-order valence-electron chi connectivity index (χ0n) is 6.92. The fourth-order valence-corrected chi connectivity index (χ4v) is 1.18. The van der Waals surface area contributed by atoms with Gasteiger partial charge in [-0.25, -0.2) is 0 Å². The van der Waals surface area contributed by atoms with Crippen molar-refractivity contribution in [3.8, 4) is 5.75 Å². The normalized spacial score (nSPS) is 14.1. The van der Waals surface area contributed by atoms with Gasteiger partial charge in [0.25, 0.3) is 0 Å². The molecule has 0 amide bonds. The number of nitrogens with two attached hydrogens (primary N) is 1. The van der Waals surface area contributed by atoms with Crippen LogP contribution in [0, 0.1) is 0 Å². The van der Waals surface area contributed by atoms with Crippen molar-refractivity contribution in [2.75, 3.05) is 0 Å². The summed E-state index contributed by atoms with van der Waals surface area (Å²) in [6.07, 6.45) is -4.57. The van der Waals surface area contributed by atoms with E-state index in [1.54, 1.807) is 0 Å². The molecule has 0 aromatic heterocycles. The Morgan fingerprint density at radius 1 is 1.36 bits per heavy atom. The quantitative estimate of drug-likeness (QED) is 0.639. The predicted molar refractivity (Wildman–Crippen MR) is 48.3 cm³/mol. The van der Waals surface area contributed by atoms with Gasteiger partial charge in [-0.1, -0.05) is 0 Å². The maximum Gasteiger partial charge on any atom is 0.407 e. The van der Waals surface area contributed by atoms with Crippen LogP contribution in [0.4, 0.5) is 13.2 Å². The van der Waals surface area contributed by atoms with Gasteiger partial charge in [-0.15, -0.1) is 12.6 Å². The minimum atomic E-state index is -4.57. The number of benzene rings is 1. The van der Waals surface area contributed by atoms with Gasteiger partial charge in [-0.2, -0.15) is 13.2 Å². The average molecular weight is 223 g/mol. The SMILES string of the molecule is N[C@H](c1cc(S)ccc1O)C(F)(F)F. The van der Waals surface area contributed by atoms with Gasteiger partial charge in [0.2, 0.25) is 0 Å². The van der Waals surface area contributed by atoms with Crippen LogP contribution in [0.1, 0.15) is 11.6 Å². The van der Waals surface area contributed by atoms with Gasteiger partial charge < -0.3 is 10.8 Å². The number of thiol groups is 1. The van der Waals surface area contributed by atoms with Crippen molar-refractivity contribution in [3.05, 3.63) is 23.8 Å². The second-order valence-corrected chi connectivity index (χ2v) is 3.28. The maximum absolute atomic E-state index is 12.2. The summed E-state index contributed by atoms with van der Waals surface area (Å²) in [6, 6.07) is 1.42. The number of phenolic OH excluding ortho intramolecular Hbond substituents is 1. The van der Waals surface area contributed by atoms with E-state index in [0.29, 0.717) is 4.90 Å². The van der Waals surface area contributed by atoms with Crippen molar-refractivity contribution in [3.63, 3.8) is 0 Å². The van der Waals surface area contributed by atoms with Gasteiger partial charge >= 0.3 is 6.18 Å². The lowest BCUT2D eigenvalue weighted by Crippen LogP contribution is -2.28. The van der Waals surface area contributed by atoms with E-state index in [-0.39, 0.29) is 5.56 Å². The van der Waals surface area contributed by atoms with Crippen molar-refractivity contribution in [1.82, 2.24) is 0 Å². The fourth-order valence-electron chi connectivity index (χ4n) is 0.967. The molecule has 14 heavy (non-hydrogen) atoms. The molecule has 1 aromatic carbocycles. The molecule has 0 radical (unpaired) electrons. The Hall–Kier alpha value is -0.880. The highest BCUT2D eigenvalue weighted by atomic mass is 32.1. The third kappa shape index (κ3) is 2.33. The first-order valence-electron chi connectivity index (χ1n) is 3.66. The minimum Gasteiger partial charge on any atom is -0.508 e. The molecule has 1 rings (SSSR count). The number of halogens is 3. The molecule has 0 aliphatic carbocycles. The Morgan fingerprint density at radius 3 is 2.43 bits per heavy atom. The van der Waals surface area contributed by atoms with Crippen LogP contribution in [0.25, 0.3) is 0 Å². The standard InChI is InChI=1S/C8H8F3NOS/c9-8(10,11)7(12)5-3-4(14)1-2-6(5)13/h1-3,7,13-14H,12H2/t7-/m1/s1. The lowest BCUT2D eigenvalue weighted by Gasteiger charge is -2.17. The number of rotatable bonds is 1. The number of phenols is 1. The lowest BCUT2D eigenvalue weighted by atomic mass is 10.1. The average Bonchev–Trinajstić information content (AvgIpc) is 2.06. The summed E-state index contributed by atoms with van der Waals surface area (Å²) in [6.45, 7) is 0. The van der Waals surface area contributed by atoms with E-state index < -0.39 is 18.0 Å². The van der Waals surface area contributed by atoms with Crippen LogP contribution in [0.3, 0.4) is 0 Å². The first kappa shape index (κ1) is 11.2. The molecule has 0 spiro atoms. The van der Waals surface area contributed by atoms with Crippen molar-refractivity contribution in [1.29, 1.82) is 0 Å². The summed E-state index contributed by atoms with van der Waals surface area (Å²) in [5, 5.41) is 9.15. The maximum atomic E-state index is 12.2. The molecule has 0 saturated heterocycles. The van der Waals surface area contributed by atoms with Gasteiger partial charge in [-0.05, 0) is 18.2 Å². The first-order valence-corrected chi connectivity index (χ1v) is 4.11. The monoisotopic (exact) mass is 223 g/mol. The molecule has 1 aromatic rings. The molecule has 0 saturated carbocycles. The Kier molecular flexibility index (Phi) is 2.96. The van der Waals surface area contributed by atoms with Crippen LogP contribution in [-0.4, -0.2) is 11.3 Å². The largest absolute Gasteiger partial charge is 0.508 e. The number of aromatic hydroxyl groups is 1. The lowest BCUT2D eigenvalue weighted by molar-refractivity contribution is -0.149. The van der Waals surface area contributed by atoms with E-state index in [4.69, 9.17) is 10.8 Å². The molecule has 0 aliphatic rings. The Bertz CT molecular complexity index is 340. The zero-order valence-corrected chi connectivity index (χ0v) is 7.81. The molecule has 2 nitrogen and oxygen atoms in total.